The number of nitrogens with zero attached hydrogens (tertiary/aromatic N) is 1. The highest BCUT2D eigenvalue weighted by Gasteiger charge is 2.36. The average Bonchev–Trinajstić information content (AvgIpc) is 2.42. The summed E-state index contributed by atoms with van der Waals surface area (Å²) in [6, 6.07) is 7.62. The fraction of sp³-hybridized carbons (Fsp3) is 0.0714. The van der Waals surface area contributed by atoms with Crippen LogP contribution in [0.15, 0.2) is 36.4 Å². The fourth-order valence-corrected chi connectivity index (χ4v) is 2.14. The first kappa shape index (κ1) is 16.0. The maximum Gasteiger partial charge on any atom is 0.418 e. The molecule has 8 heteroatoms. The van der Waals surface area contributed by atoms with Crippen molar-refractivity contribution in [1.29, 1.82) is 0 Å². The molecule has 0 aliphatic heterocycles. The van der Waals surface area contributed by atoms with Gasteiger partial charge in [-0.15, -0.1) is 0 Å². The van der Waals surface area contributed by atoms with Crippen molar-refractivity contribution in [2.45, 2.75) is 6.18 Å². The first-order valence-electron chi connectivity index (χ1n) is 6.00. The smallest absolute Gasteiger partial charge is 0.399 e. The van der Waals surface area contributed by atoms with Crippen LogP contribution < -0.4 is 16.4 Å². The maximum atomic E-state index is 13.2. The minimum absolute atomic E-state index is 0.143. The standard InChI is InChI=1S/C14H11ClF3N3O/c15-8-1-3-10(4-2-8)21(7-22)13-11(14(16,17)18)5-9(19)6-12(13)20/h1-7H,19-20H2. The van der Waals surface area contributed by atoms with Crippen LogP contribution >= 0.6 is 11.6 Å². The van der Waals surface area contributed by atoms with E-state index in [4.69, 9.17) is 23.1 Å². The minimum atomic E-state index is -4.72. The van der Waals surface area contributed by atoms with Gasteiger partial charge in [0.25, 0.3) is 0 Å². The van der Waals surface area contributed by atoms with Crippen LogP contribution in [-0.4, -0.2) is 6.41 Å². The second kappa shape index (κ2) is 5.76. The number of anilines is 4. The molecule has 0 aromatic heterocycles. The van der Waals surface area contributed by atoms with Crippen LogP contribution in [0.1, 0.15) is 5.56 Å². The van der Waals surface area contributed by atoms with E-state index in [0.717, 1.165) is 17.0 Å². The first-order valence-corrected chi connectivity index (χ1v) is 6.38. The molecule has 22 heavy (non-hydrogen) atoms. The van der Waals surface area contributed by atoms with Gasteiger partial charge in [-0.3, -0.25) is 9.69 Å². The van der Waals surface area contributed by atoms with Crippen LogP contribution in [0.5, 0.6) is 0 Å². The summed E-state index contributed by atoms with van der Waals surface area (Å²) >= 11 is 5.73. The molecule has 2 aromatic carbocycles. The molecule has 0 aliphatic rings. The van der Waals surface area contributed by atoms with Crippen LogP contribution in [0.3, 0.4) is 0 Å². The van der Waals surface area contributed by atoms with Gasteiger partial charge in [0.05, 0.1) is 16.9 Å². The summed E-state index contributed by atoms with van der Waals surface area (Å²) in [6.07, 6.45) is -4.47. The number of nitrogens with two attached hydrogens (primary N) is 2. The largest absolute Gasteiger partial charge is 0.418 e. The molecular weight excluding hydrogens is 319 g/mol. The average molecular weight is 330 g/mol. The number of carbonyl (C=O) groups excluding carboxylic acids is 1. The van der Waals surface area contributed by atoms with Gasteiger partial charge < -0.3 is 11.5 Å². The Labute approximate surface area is 129 Å². The molecule has 0 atom stereocenters. The van der Waals surface area contributed by atoms with Gasteiger partial charge in [-0.25, -0.2) is 0 Å². The summed E-state index contributed by atoms with van der Waals surface area (Å²) in [5.74, 6) is 0. The summed E-state index contributed by atoms with van der Waals surface area (Å²) < 4.78 is 39.6. The van der Waals surface area contributed by atoms with Crippen molar-refractivity contribution >= 4 is 40.8 Å². The third-order valence-electron chi connectivity index (χ3n) is 2.92. The number of nitrogen functional groups attached to an aromatic ring is 2. The topological polar surface area (TPSA) is 72.3 Å². The third-order valence-corrected chi connectivity index (χ3v) is 3.17. The molecule has 2 rings (SSSR count). The second-order valence-corrected chi connectivity index (χ2v) is 4.89. The van der Waals surface area contributed by atoms with Crippen LogP contribution in [0.25, 0.3) is 0 Å². The predicted molar refractivity (Wildman–Crippen MR) is 79.9 cm³/mol. The summed E-state index contributed by atoms with van der Waals surface area (Å²) in [7, 11) is 0. The van der Waals surface area contributed by atoms with Crippen molar-refractivity contribution < 1.29 is 18.0 Å². The lowest BCUT2D eigenvalue weighted by atomic mass is 10.1. The Hall–Kier alpha value is -2.41. The second-order valence-electron chi connectivity index (χ2n) is 4.46. The molecule has 0 saturated carbocycles. The van der Waals surface area contributed by atoms with Gasteiger partial charge in [-0.1, -0.05) is 11.6 Å². The number of benzene rings is 2. The molecule has 0 heterocycles. The van der Waals surface area contributed by atoms with Gasteiger partial charge in [0.2, 0.25) is 6.41 Å². The van der Waals surface area contributed by atoms with Gasteiger partial charge in [-0.05, 0) is 36.4 Å². The van der Waals surface area contributed by atoms with Gasteiger partial charge in [0.15, 0.2) is 0 Å². The predicted octanol–water partition coefficient (Wildman–Crippen LogP) is 3.82. The Balaban J connectivity index is 2.67. The van der Waals surface area contributed by atoms with Crippen molar-refractivity contribution in [3.63, 3.8) is 0 Å². The van der Waals surface area contributed by atoms with Crippen LogP contribution in [-0.2, 0) is 11.0 Å². The maximum absolute atomic E-state index is 13.2. The number of hydrogen-bond donors (Lipinski definition) is 2. The van der Waals surface area contributed by atoms with E-state index in [9.17, 15) is 18.0 Å². The number of halogens is 4. The first-order chi connectivity index (χ1) is 10.2. The van der Waals surface area contributed by atoms with E-state index in [1.165, 1.54) is 24.3 Å². The monoisotopic (exact) mass is 329 g/mol. The molecule has 1 amide bonds. The quantitative estimate of drug-likeness (QED) is 0.664. The van der Waals surface area contributed by atoms with Crippen molar-refractivity contribution in [1.82, 2.24) is 0 Å². The van der Waals surface area contributed by atoms with Crippen LogP contribution in [0, 0.1) is 0 Å². The molecule has 0 saturated heterocycles. The third kappa shape index (κ3) is 3.09. The summed E-state index contributed by atoms with van der Waals surface area (Å²) in [6.45, 7) is 0. The number of alkyl halides is 3. The number of amides is 1. The Morgan fingerprint density at radius 2 is 1.68 bits per heavy atom. The highest BCUT2D eigenvalue weighted by atomic mass is 35.5. The van der Waals surface area contributed by atoms with Crippen LogP contribution in [0.4, 0.5) is 35.9 Å². The number of carbonyl (C=O) groups is 1. The lowest BCUT2D eigenvalue weighted by molar-refractivity contribution is -0.137. The van der Waals surface area contributed by atoms with Crippen molar-refractivity contribution in [2.24, 2.45) is 0 Å². The zero-order chi connectivity index (χ0) is 16.5. The van der Waals surface area contributed by atoms with Crippen molar-refractivity contribution in [3.8, 4) is 0 Å². The Kier molecular flexibility index (Phi) is 4.18. The van der Waals surface area contributed by atoms with E-state index < -0.39 is 17.4 Å². The molecule has 0 bridgehead atoms. The van der Waals surface area contributed by atoms with E-state index in [1.807, 2.05) is 0 Å². The fourth-order valence-electron chi connectivity index (χ4n) is 2.01. The molecule has 0 fully saturated rings. The van der Waals surface area contributed by atoms with Crippen molar-refractivity contribution in [2.75, 3.05) is 16.4 Å². The number of rotatable bonds is 3. The number of hydrogen-bond acceptors (Lipinski definition) is 3. The Morgan fingerprint density at radius 3 is 2.18 bits per heavy atom. The van der Waals surface area contributed by atoms with Gasteiger partial charge in [0, 0.05) is 16.4 Å². The van der Waals surface area contributed by atoms with Crippen molar-refractivity contribution in [3.05, 3.63) is 47.0 Å². The molecule has 4 N–H and O–H groups in total. The van der Waals surface area contributed by atoms with Crippen LogP contribution in [0.2, 0.25) is 5.02 Å². The summed E-state index contributed by atoms with van der Waals surface area (Å²) in [4.78, 5) is 12.1. The molecule has 116 valence electrons. The van der Waals surface area contributed by atoms with E-state index >= 15 is 0 Å². The molecule has 4 nitrogen and oxygen atoms in total. The van der Waals surface area contributed by atoms with Gasteiger partial charge in [-0.2, -0.15) is 13.2 Å². The van der Waals surface area contributed by atoms with E-state index in [0.29, 0.717) is 5.02 Å². The molecule has 0 aliphatic carbocycles. The zero-order valence-electron chi connectivity index (χ0n) is 11.1. The van der Waals surface area contributed by atoms with E-state index in [2.05, 4.69) is 0 Å². The zero-order valence-corrected chi connectivity index (χ0v) is 11.8. The molecule has 2 aromatic rings. The Bertz CT molecular complexity index is 702. The van der Waals surface area contributed by atoms with E-state index in [1.54, 1.807) is 0 Å². The van der Waals surface area contributed by atoms with Gasteiger partial charge >= 0.3 is 6.18 Å². The van der Waals surface area contributed by atoms with E-state index in [-0.39, 0.29) is 23.5 Å². The highest BCUT2D eigenvalue weighted by molar-refractivity contribution is 6.30. The van der Waals surface area contributed by atoms with Gasteiger partial charge in [0.1, 0.15) is 0 Å². The lowest BCUT2D eigenvalue weighted by Gasteiger charge is -2.24. The lowest BCUT2D eigenvalue weighted by Crippen LogP contribution is -2.21. The minimum Gasteiger partial charge on any atom is -0.399 e. The highest BCUT2D eigenvalue weighted by Crippen LogP contribution is 2.43. The Morgan fingerprint density at radius 1 is 1.09 bits per heavy atom. The molecule has 0 radical (unpaired) electrons. The summed E-state index contributed by atoms with van der Waals surface area (Å²) in [5, 5.41) is 0.385. The SMILES string of the molecule is Nc1cc(N)c(N(C=O)c2ccc(Cl)cc2)c(C(F)(F)F)c1. The molecule has 0 spiro atoms. The normalized spacial score (nSPS) is 11.3. The summed E-state index contributed by atoms with van der Waals surface area (Å²) in [5.41, 5.74) is 9.31. The molecular formula is C14H11ClF3N3O. The molecule has 0 unspecified atom stereocenters.